The van der Waals surface area contributed by atoms with Crippen LogP contribution in [0.25, 0.3) is 0 Å². The van der Waals surface area contributed by atoms with Gasteiger partial charge in [-0.15, -0.1) is 0 Å². The molecule has 1 aliphatic heterocycles. The summed E-state index contributed by atoms with van der Waals surface area (Å²) in [5.41, 5.74) is -0.765. The predicted molar refractivity (Wildman–Crippen MR) is 68.2 cm³/mol. The van der Waals surface area contributed by atoms with Crippen LogP contribution in [0.1, 0.15) is 25.7 Å². The molecule has 2 fully saturated rings. The van der Waals surface area contributed by atoms with Crippen LogP contribution in [0, 0.1) is 5.92 Å². The molecule has 0 atom stereocenters. The summed E-state index contributed by atoms with van der Waals surface area (Å²) in [5.74, 6) is 0.832. The van der Waals surface area contributed by atoms with Crippen molar-refractivity contribution in [2.24, 2.45) is 5.92 Å². The number of aliphatic hydroxyl groups is 1. The molecule has 0 aromatic carbocycles. The largest absolute Gasteiger partial charge is 0.388 e. The van der Waals surface area contributed by atoms with Gasteiger partial charge in [0.15, 0.2) is 0 Å². The number of likely N-dealkylation sites (N-methyl/N-ethyl adjacent to an activating group) is 1. The highest BCUT2D eigenvalue weighted by Crippen LogP contribution is 2.27. The fourth-order valence-electron chi connectivity index (χ4n) is 2.28. The fourth-order valence-corrected chi connectivity index (χ4v) is 2.28. The van der Waals surface area contributed by atoms with Crippen molar-refractivity contribution in [3.63, 3.8) is 0 Å². The maximum atomic E-state index is 11.9. The summed E-state index contributed by atoms with van der Waals surface area (Å²) in [4.78, 5) is 13.5. The normalized spacial score (nSPS) is 22.8. The first-order valence-electron chi connectivity index (χ1n) is 6.84. The molecule has 0 spiro atoms. The van der Waals surface area contributed by atoms with E-state index in [9.17, 15) is 9.90 Å². The molecule has 0 unspecified atom stereocenters. The third-order valence-electron chi connectivity index (χ3n) is 3.79. The minimum atomic E-state index is -0.765. The Kier molecular flexibility index (Phi) is 4.59. The van der Waals surface area contributed by atoms with Gasteiger partial charge in [-0.3, -0.25) is 4.79 Å². The van der Waals surface area contributed by atoms with Gasteiger partial charge >= 0.3 is 0 Å². The molecule has 0 radical (unpaired) electrons. The standard InChI is InChI=1S/C13H24N2O3/c1-15(10-13(17)4-6-18-7-5-13)12(16)9-14-8-11-2-3-11/h11,14,17H,2-10H2,1H3. The van der Waals surface area contributed by atoms with E-state index in [4.69, 9.17) is 4.74 Å². The second-order valence-corrected chi connectivity index (χ2v) is 5.66. The molecule has 0 bridgehead atoms. The summed E-state index contributed by atoms with van der Waals surface area (Å²) >= 11 is 0. The Morgan fingerprint density at radius 1 is 1.44 bits per heavy atom. The molecule has 1 amide bonds. The molecule has 2 rings (SSSR count). The van der Waals surface area contributed by atoms with E-state index in [0.29, 0.717) is 39.1 Å². The lowest BCUT2D eigenvalue weighted by Gasteiger charge is -2.35. The van der Waals surface area contributed by atoms with Crippen LogP contribution in [0.15, 0.2) is 0 Å². The van der Waals surface area contributed by atoms with Gasteiger partial charge in [-0.05, 0) is 25.3 Å². The van der Waals surface area contributed by atoms with E-state index in [2.05, 4.69) is 5.32 Å². The number of hydrogen-bond donors (Lipinski definition) is 2. The van der Waals surface area contributed by atoms with Gasteiger partial charge in [0.2, 0.25) is 5.91 Å². The maximum absolute atomic E-state index is 11.9. The Labute approximate surface area is 108 Å². The average molecular weight is 256 g/mol. The molecule has 5 nitrogen and oxygen atoms in total. The van der Waals surface area contributed by atoms with Crippen LogP contribution in [0.3, 0.4) is 0 Å². The lowest BCUT2D eigenvalue weighted by molar-refractivity contribution is -0.135. The molecular formula is C13H24N2O3. The van der Waals surface area contributed by atoms with E-state index in [1.165, 1.54) is 12.8 Å². The van der Waals surface area contributed by atoms with Gasteiger partial charge in [0.25, 0.3) is 0 Å². The Balaban J connectivity index is 1.68. The van der Waals surface area contributed by atoms with E-state index >= 15 is 0 Å². The molecule has 2 aliphatic rings. The van der Waals surface area contributed by atoms with E-state index in [0.717, 1.165) is 12.5 Å². The maximum Gasteiger partial charge on any atom is 0.236 e. The number of amides is 1. The number of carbonyl (C=O) groups is 1. The first-order valence-corrected chi connectivity index (χ1v) is 6.84. The molecule has 104 valence electrons. The van der Waals surface area contributed by atoms with Crippen molar-refractivity contribution in [2.45, 2.75) is 31.3 Å². The third-order valence-corrected chi connectivity index (χ3v) is 3.79. The van der Waals surface area contributed by atoms with Crippen LogP contribution < -0.4 is 5.32 Å². The van der Waals surface area contributed by atoms with Crippen molar-refractivity contribution in [2.75, 3.05) is 39.9 Å². The predicted octanol–water partition coefficient (Wildman–Crippen LogP) is -0.0141. The average Bonchev–Trinajstić information content (AvgIpc) is 3.13. The second-order valence-electron chi connectivity index (χ2n) is 5.66. The minimum absolute atomic E-state index is 0.0515. The lowest BCUT2D eigenvalue weighted by Crippen LogP contribution is -2.49. The summed E-state index contributed by atoms with van der Waals surface area (Å²) in [6.07, 6.45) is 3.80. The van der Waals surface area contributed by atoms with Crippen molar-refractivity contribution in [3.8, 4) is 0 Å². The molecule has 1 saturated heterocycles. The Morgan fingerprint density at radius 3 is 2.72 bits per heavy atom. The minimum Gasteiger partial charge on any atom is -0.388 e. The van der Waals surface area contributed by atoms with Gasteiger partial charge in [-0.2, -0.15) is 0 Å². The summed E-state index contributed by atoms with van der Waals surface area (Å²) in [5, 5.41) is 13.5. The number of nitrogens with zero attached hydrogens (tertiary/aromatic N) is 1. The first kappa shape index (κ1) is 13.8. The monoisotopic (exact) mass is 256 g/mol. The van der Waals surface area contributed by atoms with Crippen LogP contribution in [0.5, 0.6) is 0 Å². The van der Waals surface area contributed by atoms with Gasteiger partial charge in [-0.1, -0.05) is 0 Å². The summed E-state index contributed by atoms with van der Waals surface area (Å²) in [6.45, 7) is 2.88. The van der Waals surface area contributed by atoms with Gasteiger partial charge in [0.1, 0.15) is 0 Å². The highest BCUT2D eigenvalue weighted by molar-refractivity contribution is 5.78. The van der Waals surface area contributed by atoms with Crippen molar-refractivity contribution in [3.05, 3.63) is 0 Å². The Hall–Kier alpha value is -0.650. The smallest absolute Gasteiger partial charge is 0.236 e. The second kappa shape index (κ2) is 5.99. The highest BCUT2D eigenvalue weighted by Gasteiger charge is 2.32. The Morgan fingerprint density at radius 2 is 2.11 bits per heavy atom. The van der Waals surface area contributed by atoms with Gasteiger partial charge in [-0.25, -0.2) is 0 Å². The summed E-state index contributed by atoms with van der Waals surface area (Å²) in [6, 6.07) is 0. The summed E-state index contributed by atoms with van der Waals surface area (Å²) < 4.78 is 5.23. The number of nitrogens with one attached hydrogen (secondary N) is 1. The zero-order valence-corrected chi connectivity index (χ0v) is 11.2. The zero-order valence-electron chi connectivity index (χ0n) is 11.2. The molecule has 5 heteroatoms. The molecular weight excluding hydrogens is 232 g/mol. The van der Waals surface area contributed by atoms with Gasteiger partial charge < -0.3 is 20.1 Å². The van der Waals surface area contributed by atoms with E-state index in [1.807, 2.05) is 0 Å². The SMILES string of the molecule is CN(CC1(O)CCOCC1)C(=O)CNCC1CC1. The number of ether oxygens (including phenoxy) is 1. The topological polar surface area (TPSA) is 61.8 Å². The third kappa shape index (κ3) is 4.23. The van der Waals surface area contributed by atoms with Crippen molar-refractivity contribution >= 4 is 5.91 Å². The summed E-state index contributed by atoms with van der Waals surface area (Å²) in [7, 11) is 1.76. The van der Waals surface area contributed by atoms with Crippen LogP contribution in [-0.2, 0) is 9.53 Å². The van der Waals surface area contributed by atoms with Crippen LogP contribution in [0.2, 0.25) is 0 Å². The molecule has 18 heavy (non-hydrogen) atoms. The van der Waals surface area contributed by atoms with Gasteiger partial charge in [0, 0.05) is 39.6 Å². The highest BCUT2D eigenvalue weighted by atomic mass is 16.5. The lowest BCUT2D eigenvalue weighted by atomic mass is 9.94. The number of rotatable bonds is 6. The zero-order chi connectivity index (χ0) is 13.0. The van der Waals surface area contributed by atoms with Crippen molar-refractivity contribution in [1.29, 1.82) is 0 Å². The van der Waals surface area contributed by atoms with E-state index < -0.39 is 5.60 Å². The van der Waals surface area contributed by atoms with Crippen LogP contribution in [0.4, 0.5) is 0 Å². The quantitative estimate of drug-likeness (QED) is 0.701. The number of hydrogen-bond acceptors (Lipinski definition) is 4. The van der Waals surface area contributed by atoms with Crippen LogP contribution >= 0.6 is 0 Å². The molecule has 0 aromatic rings. The van der Waals surface area contributed by atoms with E-state index in [1.54, 1.807) is 11.9 Å². The molecule has 1 heterocycles. The van der Waals surface area contributed by atoms with Crippen molar-refractivity contribution < 1.29 is 14.6 Å². The molecule has 1 aliphatic carbocycles. The molecule has 0 aromatic heterocycles. The number of carbonyl (C=O) groups excluding carboxylic acids is 1. The first-order chi connectivity index (χ1) is 8.59. The molecule has 2 N–H and O–H groups in total. The fraction of sp³-hybridized carbons (Fsp3) is 0.923. The van der Waals surface area contributed by atoms with Crippen molar-refractivity contribution in [1.82, 2.24) is 10.2 Å². The van der Waals surface area contributed by atoms with Gasteiger partial charge in [0.05, 0.1) is 12.1 Å². The molecule has 1 saturated carbocycles. The van der Waals surface area contributed by atoms with E-state index in [-0.39, 0.29) is 5.91 Å². The van der Waals surface area contributed by atoms with Crippen LogP contribution in [-0.4, -0.2) is 61.4 Å². The Bertz CT molecular complexity index is 286.